The van der Waals surface area contributed by atoms with Crippen LogP contribution in [0.15, 0.2) is 71.9 Å². The summed E-state index contributed by atoms with van der Waals surface area (Å²) < 4.78 is 3.30. The molecular formula is C23H19ClIN3OS. The lowest BCUT2D eigenvalue weighted by Crippen LogP contribution is -2.21. The summed E-state index contributed by atoms with van der Waals surface area (Å²) in [6.07, 6.45) is 0. The Bertz CT molecular complexity index is 1200. The van der Waals surface area contributed by atoms with E-state index in [1.54, 1.807) is 30.8 Å². The lowest BCUT2D eigenvalue weighted by Gasteiger charge is -2.12. The summed E-state index contributed by atoms with van der Waals surface area (Å²) in [5.74, 6) is 0.776. The summed E-state index contributed by atoms with van der Waals surface area (Å²) in [5, 5.41) is 1.64. The zero-order valence-electron chi connectivity index (χ0n) is 16.5. The molecule has 1 amide bonds. The molecule has 1 aromatic heterocycles. The fourth-order valence-corrected chi connectivity index (χ4v) is 4.70. The fraction of sp³-hybridized carbons (Fsp3) is 0.130. The normalized spacial score (nSPS) is 11.1. The van der Waals surface area contributed by atoms with Gasteiger partial charge in [-0.1, -0.05) is 35.5 Å². The summed E-state index contributed by atoms with van der Waals surface area (Å²) in [7, 11) is 3.51. The largest absolute Gasteiger partial charge is 0.345 e. The highest BCUT2D eigenvalue weighted by Crippen LogP contribution is 2.31. The molecule has 30 heavy (non-hydrogen) atoms. The quantitative estimate of drug-likeness (QED) is 0.218. The predicted molar refractivity (Wildman–Crippen MR) is 133 cm³/mol. The van der Waals surface area contributed by atoms with E-state index in [2.05, 4.69) is 39.3 Å². The van der Waals surface area contributed by atoms with E-state index < -0.39 is 0 Å². The first-order valence-corrected chi connectivity index (χ1v) is 11.7. The average Bonchev–Trinajstić information content (AvgIpc) is 3.10. The van der Waals surface area contributed by atoms with E-state index in [1.165, 1.54) is 5.56 Å². The number of aromatic nitrogens is 2. The second-order valence-corrected chi connectivity index (χ2v) is 9.65. The molecule has 0 aliphatic carbocycles. The van der Waals surface area contributed by atoms with Gasteiger partial charge in [0.05, 0.1) is 11.0 Å². The molecule has 0 N–H and O–H groups in total. The summed E-state index contributed by atoms with van der Waals surface area (Å²) in [6, 6.07) is 21.8. The van der Waals surface area contributed by atoms with E-state index in [4.69, 9.17) is 16.6 Å². The fourth-order valence-electron chi connectivity index (χ4n) is 3.11. The predicted octanol–water partition coefficient (Wildman–Crippen LogP) is 6.28. The Morgan fingerprint density at radius 2 is 1.77 bits per heavy atom. The molecule has 0 unspecified atom stereocenters. The molecule has 7 heteroatoms. The molecule has 4 nitrogen and oxygen atoms in total. The Morgan fingerprint density at radius 3 is 2.43 bits per heavy atom. The van der Waals surface area contributed by atoms with Crippen LogP contribution in [0.4, 0.5) is 0 Å². The number of hydrogen-bond acceptors (Lipinski definition) is 3. The van der Waals surface area contributed by atoms with Crippen molar-refractivity contribution in [3.05, 3.63) is 86.4 Å². The van der Waals surface area contributed by atoms with Crippen molar-refractivity contribution in [2.24, 2.45) is 0 Å². The zero-order valence-corrected chi connectivity index (χ0v) is 20.2. The number of hydrogen-bond donors (Lipinski definition) is 0. The molecule has 0 aliphatic rings. The highest BCUT2D eigenvalue weighted by atomic mass is 127. The van der Waals surface area contributed by atoms with Crippen LogP contribution in [0.1, 0.15) is 15.9 Å². The number of benzene rings is 3. The van der Waals surface area contributed by atoms with Gasteiger partial charge in [-0.25, -0.2) is 4.98 Å². The van der Waals surface area contributed by atoms with Crippen molar-refractivity contribution in [2.45, 2.75) is 10.9 Å². The minimum atomic E-state index is -0.0103. The van der Waals surface area contributed by atoms with Crippen LogP contribution in [0.3, 0.4) is 0 Å². The second kappa shape index (κ2) is 8.99. The molecule has 4 rings (SSSR count). The van der Waals surface area contributed by atoms with Crippen molar-refractivity contribution in [2.75, 3.05) is 14.1 Å². The first-order chi connectivity index (χ1) is 14.4. The van der Waals surface area contributed by atoms with Crippen molar-refractivity contribution < 1.29 is 4.79 Å². The standard InChI is InChI=1S/C23H19ClIN3OS/c1-27(2)22(29)16-5-10-19(11-6-16)28-21-13-18(25)9-12-20(21)26-23(28)30-14-15-3-7-17(24)8-4-15/h3-13H,14H2,1-2H3. The molecule has 0 spiro atoms. The maximum Gasteiger partial charge on any atom is 0.253 e. The maximum absolute atomic E-state index is 12.2. The molecule has 0 fully saturated rings. The van der Waals surface area contributed by atoms with Gasteiger partial charge in [-0.2, -0.15) is 0 Å². The molecule has 0 atom stereocenters. The van der Waals surface area contributed by atoms with Gasteiger partial charge < -0.3 is 4.90 Å². The molecule has 152 valence electrons. The van der Waals surface area contributed by atoms with Gasteiger partial charge >= 0.3 is 0 Å². The van der Waals surface area contributed by atoms with Gasteiger partial charge in [-0.15, -0.1) is 0 Å². The van der Waals surface area contributed by atoms with Gasteiger partial charge in [0.25, 0.3) is 5.91 Å². The van der Waals surface area contributed by atoms with Crippen LogP contribution >= 0.6 is 46.0 Å². The van der Waals surface area contributed by atoms with Gasteiger partial charge in [-0.05, 0) is 82.8 Å². The number of carbonyl (C=O) groups excluding carboxylic acids is 1. The van der Waals surface area contributed by atoms with E-state index in [0.717, 1.165) is 36.2 Å². The van der Waals surface area contributed by atoms with Gasteiger partial charge in [0, 0.05) is 39.7 Å². The second-order valence-electron chi connectivity index (χ2n) is 7.02. The molecule has 1 heterocycles. The number of amides is 1. The molecule has 0 aliphatic heterocycles. The van der Waals surface area contributed by atoms with Crippen molar-refractivity contribution in [3.63, 3.8) is 0 Å². The number of fused-ring (bicyclic) bond motifs is 1. The van der Waals surface area contributed by atoms with Crippen LogP contribution in [0.5, 0.6) is 0 Å². The first-order valence-electron chi connectivity index (χ1n) is 9.30. The van der Waals surface area contributed by atoms with Crippen molar-refractivity contribution in [1.82, 2.24) is 14.5 Å². The van der Waals surface area contributed by atoms with E-state index in [9.17, 15) is 4.79 Å². The maximum atomic E-state index is 12.2. The molecule has 0 saturated carbocycles. The number of halogens is 2. The number of thioether (sulfide) groups is 1. The van der Waals surface area contributed by atoms with Crippen LogP contribution in [-0.4, -0.2) is 34.5 Å². The van der Waals surface area contributed by atoms with Crippen LogP contribution in [-0.2, 0) is 5.75 Å². The number of imidazole rings is 1. The SMILES string of the molecule is CN(C)C(=O)c1ccc(-n2c(SCc3ccc(Cl)cc3)nc3ccc(I)cc32)cc1. The highest BCUT2D eigenvalue weighted by molar-refractivity contribution is 14.1. The minimum Gasteiger partial charge on any atom is -0.345 e. The van der Waals surface area contributed by atoms with Gasteiger partial charge in [0.15, 0.2) is 5.16 Å². The summed E-state index contributed by atoms with van der Waals surface area (Å²) >= 11 is 10.0. The highest BCUT2D eigenvalue weighted by Gasteiger charge is 2.15. The number of nitrogens with zero attached hydrogens (tertiary/aromatic N) is 3. The summed E-state index contributed by atoms with van der Waals surface area (Å²) in [6.45, 7) is 0. The average molecular weight is 548 g/mol. The van der Waals surface area contributed by atoms with Gasteiger partial charge in [0.1, 0.15) is 0 Å². The molecule has 0 saturated heterocycles. The number of carbonyl (C=O) groups is 1. The summed E-state index contributed by atoms with van der Waals surface area (Å²) in [4.78, 5) is 18.7. The minimum absolute atomic E-state index is 0.0103. The van der Waals surface area contributed by atoms with Crippen molar-refractivity contribution >= 4 is 62.9 Å². The Morgan fingerprint density at radius 1 is 1.07 bits per heavy atom. The van der Waals surface area contributed by atoms with Crippen LogP contribution in [0, 0.1) is 3.57 Å². The van der Waals surface area contributed by atoms with Crippen molar-refractivity contribution in [1.29, 1.82) is 0 Å². The third kappa shape index (κ3) is 4.50. The van der Waals surface area contributed by atoms with E-state index in [1.807, 2.05) is 54.6 Å². The van der Waals surface area contributed by atoms with Gasteiger partial charge in [0.2, 0.25) is 0 Å². The Labute approximate surface area is 198 Å². The Hall–Kier alpha value is -2.03. The molecule has 3 aromatic carbocycles. The van der Waals surface area contributed by atoms with Crippen LogP contribution in [0.25, 0.3) is 16.7 Å². The van der Waals surface area contributed by atoms with Crippen LogP contribution < -0.4 is 0 Å². The Kier molecular flexibility index (Phi) is 6.36. The topological polar surface area (TPSA) is 38.1 Å². The molecule has 4 aromatic rings. The van der Waals surface area contributed by atoms with Gasteiger partial charge in [-0.3, -0.25) is 9.36 Å². The molecule has 0 radical (unpaired) electrons. The smallest absolute Gasteiger partial charge is 0.253 e. The summed E-state index contributed by atoms with van der Waals surface area (Å²) in [5.41, 5.74) is 4.82. The monoisotopic (exact) mass is 547 g/mol. The third-order valence-corrected chi connectivity index (χ3v) is 6.58. The molecular weight excluding hydrogens is 529 g/mol. The Balaban J connectivity index is 1.73. The third-order valence-electron chi connectivity index (χ3n) is 4.65. The zero-order chi connectivity index (χ0) is 21.3. The lowest BCUT2D eigenvalue weighted by molar-refractivity contribution is 0.0827. The van der Waals surface area contributed by atoms with E-state index in [-0.39, 0.29) is 5.91 Å². The first kappa shape index (κ1) is 21.2. The van der Waals surface area contributed by atoms with Crippen LogP contribution in [0.2, 0.25) is 5.02 Å². The van der Waals surface area contributed by atoms with E-state index in [0.29, 0.717) is 5.56 Å². The van der Waals surface area contributed by atoms with Crippen molar-refractivity contribution in [3.8, 4) is 5.69 Å². The number of rotatable bonds is 5. The van der Waals surface area contributed by atoms with E-state index >= 15 is 0 Å². The molecule has 0 bridgehead atoms. The lowest BCUT2D eigenvalue weighted by atomic mass is 10.2.